The summed E-state index contributed by atoms with van der Waals surface area (Å²) >= 11 is 11.0. The van der Waals surface area contributed by atoms with Crippen molar-refractivity contribution in [2.45, 2.75) is 6.42 Å². The molecule has 1 aliphatic heterocycles. The van der Waals surface area contributed by atoms with Gasteiger partial charge in [0.1, 0.15) is 0 Å². The second-order valence-corrected chi connectivity index (χ2v) is 5.34. The van der Waals surface area contributed by atoms with Gasteiger partial charge in [0.15, 0.2) is 0 Å². The van der Waals surface area contributed by atoms with Crippen molar-refractivity contribution in [3.05, 3.63) is 0 Å². The molecule has 0 bridgehead atoms. The molecule has 0 radical (unpaired) electrons. The van der Waals surface area contributed by atoms with Gasteiger partial charge in [-0.25, -0.2) is 9.76 Å². The number of nitrogens with zero attached hydrogens (tertiary/aromatic N) is 1. The Morgan fingerprint density at radius 3 is 3.00 bits per heavy atom. The third-order valence-corrected chi connectivity index (χ3v) is 4.02. The number of hydrogen-bond donors (Lipinski definition) is 1. The van der Waals surface area contributed by atoms with Crippen molar-refractivity contribution >= 4 is 30.9 Å². The number of rotatable bonds is 5. The van der Waals surface area contributed by atoms with Crippen LogP contribution in [0.5, 0.6) is 0 Å². The summed E-state index contributed by atoms with van der Waals surface area (Å²) in [4.78, 5) is 0. The van der Waals surface area contributed by atoms with E-state index in [-0.39, 0.29) is 32.0 Å². The van der Waals surface area contributed by atoms with Gasteiger partial charge in [0, 0.05) is 36.8 Å². The molecule has 1 atom stereocenters. The summed E-state index contributed by atoms with van der Waals surface area (Å²) in [6.45, 7) is -2.13. The highest BCUT2D eigenvalue weighted by Gasteiger charge is 2.32. The Morgan fingerprint density at radius 1 is 1.64 bits per heavy atom. The van der Waals surface area contributed by atoms with E-state index >= 15 is 0 Å². The van der Waals surface area contributed by atoms with E-state index < -0.39 is 20.0 Å². The maximum Gasteiger partial charge on any atom is 0.343 e. The second-order valence-electron chi connectivity index (χ2n) is 2.60. The molecule has 1 saturated heterocycles. The van der Waals surface area contributed by atoms with Gasteiger partial charge < -0.3 is 4.52 Å². The fraction of sp³-hybridized carbons (Fsp3) is 1.00. The molecular formula is C7H15Cl2N2O2P. The molecule has 1 unspecified atom stereocenters. The van der Waals surface area contributed by atoms with Crippen LogP contribution < -0.4 is 5.09 Å². The van der Waals surface area contributed by atoms with Crippen molar-refractivity contribution in [1.29, 1.82) is 0 Å². The summed E-state index contributed by atoms with van der Waals surface area (Å²) < 4.78 is 48.4. The van der Waals surface area contributed by atoms with E-state index in [0.29, 0.717) is 0 Å². The number of hydrogen-bond acceptors (Lipinski definition) is 2. The summed E-state index contributed by atoms with van der Waals surface area (Å²) in [6.07, 6.45) is 0.0689. The average Bonchev–Trinajstić information content (AvgIpc) is 2.12. The minimum absolute atomic E-state index is 0.0126. The van der Waals surface area contributed by atoms with Crippen molar-refractivity contribution in [3.63, 3.8) is 0 Å². The highest BCUT2D eigenvalue weighted by atomic mass is 35.5. The molecule has 1 heterocycles. The summed E-state index contributed by atoms with van der Waals surface area (Å²) in [6, 6.07) is 0. The fourth-order valence-corrected chi connectivity index (χ4v) is 3.22. The van der Waals surface area contributed by atoms with Crippen LogP contribution in [0.4, 0.5) is 0 Å². The van der Waals surface area contributed by atoms with E-state index in [1.807, 2.05) is 0 Å². The molecule has 4 nitrogen and oxygen atoms in total. The van der Waals surface area contributed by atoms with Crippen LogP contribution in [0.3, 0.4) is 0 Å². The van der Waals surface area contributed by atoms with E-state index in [1.54, 1.807) is 0 Å². The highest BCUT2D eigenvalue weighted by Crippen LogP contribution is 2.47. The van der Waals surface area contributed by atoms with Gasteiger partial charge in [-0.2, -0.15) is 0 Å². The minimum atomic E-state index is -3.66. The fourth-order valence-electron chi connectivity index (χ4n) is 1.03. The third kappa shape index (κ3) is 3.37. The summed E-state index contributed by atoms with van der Waals surface area (Å²) in [5.74, 6) is -2.00. The lowest BCUT2D eigenvalue weighted by Crippen LogP contribution is -2.35. The second kappa shape index (κ2) is 6.31. The first-order valence-electron chi connectivity index (χ1n) is 6.12. The van der Waals surface area contributed by atoms with Gasteiger partial charge in [-0.15, -0.1) is 23.2 Å². The Kier molecular flexibility index (Phi) is 3.55. The van der Waals surface area contributed by atoms with E-state index in [4.69, 9.17) is 33.2 Å². The summed E-state index contributed by atoms with van der Waals surface area (Å²) in [5.41, 5.74) is 0. The minimum Gasteiger partial charge on any atom is -0.306 e. The predicted molar refractivity (Wildman–Crippen MR) is 59.2 cm³/mol. The van der Waals surface area contributed by atoms with Crippen LogP contribution in [0.15, 0.2) is 0 Å². The number of alkyl halides is 2. The molecule has 7 heteroatoms. The smallest absolute Gasteiger partial charge is 0.306 e. The topological polar surface area (TPSA) is 41.6 Å². The zero-order valence-electron chi connectivity index (χ0n) is 11.5. The molecule has 1 aliphatic rings. The first kappa shape index (κ1) is 7.88. The van der Waals surface area contributed by atoms with E-state index in [9.17, 15) is 4.57 Å². The molecule has 0 aromatic carbocycles. The normalized spacial score (nSPS) is 37.1. The van der Waals surface area contributed by atoms with E-state index in [2.05, 4.69) is 5.09 Å². The lowest BCUT2D eigenvalue weighted by atomic mass is 10.5. The Bertz CT molecular complexity index is 342. The van der Waals surface area contributed by atoms with Crippen molar-refractivity contribution in [3.8, 4) is 0 Å². The molecule has 0 aromatic heterocycles. The Labute approximate surface area is 100 Å². The standard InChI is InChI=1S/C7H15Cl2N2O2P/c8-2-5-11(6-3-9)14(12)10-4-1-7-13-14/h1-7H2,(H,10,12)/i2D2,4D2. The van der Waals surface area contributed by atoms with Crippen molar-refractivity contribution in [2.75, 3.05) is 37.9 Å². The Hall–Kier alpha value is 0.690. The molecule has 84 valence electrons. The van der Waals surface area contributed by atoms with Gasteiger partial charge in [-0.05, 0) is 6.42 Å². The SMILES string of the molecule is [2H]C([2H])(Cl)CN(CCCl)P1(=O)NC([2H])([2H])CCO1. The highest BCUT2D eigenvalue weighted by molar-refractivity contribution is 7.54. The largest absolute Gasteiger partial charge is 0.343 e. The van der Waals surface area contributed by atoms with Gasteiger partial charge in [-0.3, -0.25) is 4.57 Å². The zero-order chi connectivity index (χ0) is 14.0. The third-order valence-electron chi connectivity index (χ3n) is 1.67. The van der Waals surface area contributed by atoms with Crippen molar-refractivity contribution < 1.29 is 14.6 Å². The van der Waals surface area contributed by atoms with Gasteiger partial charge in [0.25, 0.3) is 0 Å². The number of nitrogens with one attached hydrogen (secondary N) is 1. The first-order chi connectivity index (χ1) is 8.08. The van der Waals surface area contributed by atoms with Crippen LogP contribution in [0, 0.1) is 0 Å². The van der Waals surface area contributed by atoms with Crippen LogP contribution in [0.1, 0.15) is 11.9 Å². The lowest BCUT2D eigenvalue weighted by Gasteiger charge is -2.33. The summed E-state index contributed by atoms with van der Waals surface area (Å²) in [7, 11) is -3.66. The van der Waals surface area contributed by atoms with E-state index in [1.165, 1.54) is 0 Å². The molecule has 0 amide bonds. The lowest BCUT2D eigenvalue weighted by molar-refractivity contribution is 0.233. The van der Waals surface area contributed by atoms with Crippen LogP contribution in [-0.2, 0) is 9.09 Å². The van der Waals surface area contributed by atoms with Crippen molar-refractivity contribution in [2.24, 2.45) is 0 Å². The predicted octanol–water partition coefficient (Wildman–Crippen LogP) is 1.88. The molecular weight excluding hydrogens is 246 g/mol. The molecule has 14 heavy (non-hydrogen) atoms. The summed E-state index contributed by atoms with van der Waals surface area (Å²) in [5, 5.41) is 2.29. The van der Waals surface area contributed by atoms with Gasteiger partial charge in [0.2, 0.25) is 0 Å². The Balaban J connectivity index is 2.86. The monoisotopic (exact) mass is 264 g/mol. The molecule has 0 saturated carbocycles. The van der Waals surface area contributed by atoms with Crippen LogP contribution in [-0.4, -0.2) is 42.6 Å². The van der Waals surface area contributed by atoms with E-state index in [0.717, 1.165) is 4.67 Å². The molecule has 1 fully saturated rings. The van der Waals surface area contributed by atoms with Crippen LogP contribution in [0.2, 0.25) is 0 Å². The van der Waals surface area contributed by atoms with Gasteiger partial charge >= 0.3 is 7.67 Å². The van der Waals surface area contributed by atoms with Gasteiger partial charge in [-0.1, -0.05) is 0 Å². The Morgan fingerprint density at radius 2 is 2.43 bits per heavy atom. The maximum atomic E-state index is 12.5. The maximum absolute atomic E-state index is 12.5. The number of halogens is 2. The molecule has 0 aromatic rings. The zero-order valence-corrected chi connectivity index (χ0v) is 9.91. The quantitative estimate of drug-likeness (QED) is 0.608. The molecule has 1 rings (SSSR count). The average molecular weight is 265 g/mol. The molecule has 1 N–H and O–H groups in total. The molecule has 0 aliphatic carbocycles. The van der Waals surface area contributed by atoms with Gasteiger partial charge in [0.05, 0.1) is 6.61 Å². The molecule has 0 spiro atoms. The first-order valence-corrected chi connectivity index (χ1v) is 6.61. The van der Waals surface area contributed by atoms with Crippen LogP contribution in [0.25, 0.3) is 0 Å². The van der Waals surface area contributed by atoms with Crippen molar-refractivity contribution in [1.82, 2.24) is 9.76 Å². The van der Waals surface area contributed by atoms with Crippen LogP contribution >= 0.6 is 30.9 Å².